The van der Waals surface area contributed by atoms with Crippen molar-refractivity contribution >= 4 is 34.7 Å². The summed E-state index contributed by atoms with van der Waals surface area (Å²) in [5, 5.41) is 7.61. The molecule has 0 atom stereocenters. The molecular formula is C19H20N4O4S. The quantitative estimate of drug-likeness (QED) is 0.228. The third-order valence-corrected chi connectivity index (χ3v) is 4.39. The zero-order chi connectivity index (χ0) is 20.1. The van der Waals surface area contributed by atoms with Crippen LogP contribution in [0.25, 0.3) is 0 Å². The van der Waals surface area contributed by atoms with Gasteiger partial charge in [0.25, 0.3) is 0 Å². The molecule has 0 aromatic heterocycles. The average Bonchev–Trinajstić information content (AvgIpc) is 3.16. The van der Waals surface area contributed by atoms with Crippen LogP contribution in [-0.4, -0.2) is 37.7 Å². The second-order valence-corrected chi connectivity index (χ2v) is 6.30. The number of nitrogens with two attached hydrogens (primary N) is 1. The second-order valence-electron chi connectivity index (χ2n) is 5.89. The highest BCUT2D eigenvalue weighted by molar-refractivity contribution is 7.80. The molecule has 146 valence electrons. The maximum absolute atomic E-state index is 12.0. The van der Waals surface area contributed by atoms with Crippen LogP contribution in [0.2, 0.25) is 0 Å². The minimum atomic E-state index is -0.379. The third-order valence-electron chi connectivity index (χ3n) is 4.10. The number of esters is 1. The highest BCUT2D eigenvalue weighted by atomic mass is 32.1. The van der Waals surface area contributed by atoms with E-state index in [-0.39, 0.29) is 19.2 Å². The molecule has 2 aromatic carbocycles. The number of nitrogens with zero attached hydrogens (tertiary/aromatic N) is 1. The molecular weight excluding hydrogens is 380 g/mol. The maximum atomic E-state index is 12.0. The van der Waals surface area contributed by atoms with Gasteiger partial charge in [0.05, 0.1) is 19.2 Å². The number of benzene rings is 2. The zero-order valence-corrected chi connectivity index (χ0v) is 16.3. The first-order chi connectivity index (χ1) is 13.5. The summed E-state index contributed by atoms with van der Waals surface area (Å²) in [7, 11) is 3.04. The van der Waals surface area contributed by atoms with Crippen molar-refractivity contribution in [1.29, 1.82) is 0 Å². The highest BCUT2D eigenvalue weighted by Crippen LogP contribution is 2.36. The predicted molar refractivity (Wildman–Crippen MR) is 110 cm³/mol. The molecule has 1 aliphatic rings. The summed E-state index contributed by atoms with van der Waals surface area (Å²) in [6.45, 7) is 0.118. The number of hydrazone groups is 1. The Morgan fingerprint density at radius 2 is 1.93 bits per heavy atom. The first kappa shape index (κ1) is 19.4. The Labute approximate surface area is 167 Å². The Morgan fingerprint density at radius 3 is 2.57 bits per heavy atom. The molecule has 0 radical (unpaired) electrons. The number of hydrogen-bond acceptors (Lipinski definition) is 7. The van der Waals surface area contributed by atoms with E-state index in [2.05, 4.69) is 15.8 Å². The van der Waals surface area contributed by atoms with E-state index >= 15 is 0 Å². The minimum Gasteiger partial charge on any atom is -0.469 e. The fourth-order valence-corrected chi connectivity index (χ4v) is 2.71. The van der Waals surface area contributed by atoms with Crippen LogP contribution in [0.1, 0.15) is 16.7 Å². The van der Waals surface area contributed by atoms with Gasteiger partial charge in [-0.2, -0.15) is 5.10 Å². The molecule has 0 saturated carbocycles. The standard InChI is InChI=1S/C19H20N4O4S/c1-21-19(28)23-22-18(11-3-5-13(20)6-4-11)14-9-16-15(26-10-27-16)7-12(14)8-17(24)25-2/h3-7,9H,8,10,20H2,1-2H3,(H2,21,23,28)/b22-18-. The third kappa shape index (κ3) is 4.32. The lowest BCUT2D eigenvalue weighted by atomic mass is 9.95. The van der Waals surface area contributed by atoms with Crippen LogP contribution in [0.4, 0.5) is 5.69 Å². The number of fused-ring (bicyclic) bond motifs is 1. The lowest BCUT2D eigenvalue weighted by Crippen LogP contribution is -2.30. The highest BCUT2D eigenvalue weighted by Gasteiger charge is 2.22. The van der Waals surface area contributed by atoms with Crippen LogP contribution in [0, 0.1) is 0 Å². The molecule has 0 aliphatic carbocycles. The van der Waals surface area contributed by atoms with Gasteiger partial charge in [0.15, 0.2) is 16.6 Å². The molecule has 9 heteroatoms. The van der Waals surface area contributed by atoms with Gasteiger partial charge >= 0.3 is 5.97 Å². The van der Waals surface area contributed by atoms with E-state index in [0.717, 1.165) is 5.56 Å². The summed E-state index contributed by atoms with van der Waals surface area (Å²) >= 11 is 5.13. The molecule has 28 heavy (non-hydrogen) atoms. The van der Waals surface area contributed by atoms with E-state index in [0.29, 0.717) is 39.1 Å². The number of thiocarbonyl (C=S) groups is 1. The summed E-state index contributed by atoms with van der Waals surface area (Å²) in [6.07, 6.45) is 0.0486. The predicted octanol–water partition coefficient (Wildman–Crippen LogP) is 1.56. The van der Waals surface area contributed by atoms with Crippen molar-refractivity contribution < 1.29 is 19.0 Å². The molecule has 0 spiro atoms. The van der Waals surface area contributed by atoms with Gasteiger partial charge < -0.3 is 25.3 Å². The fraction of sp³-hybridized carbons (Fsp3) is 0.211. The smallest absolute Gasteiger partial charge is 0.310 e. The van der Waals surface area contributed by atoms with Crippen molar-refractivity contribution in [2.75, 3.05) is 26.7 Å². The Balaban J connectivity index is 2.13. The largest absolute Gasteiger partial charge is 0.469 e. The average molecular weight is 400 g/mol. The van der Waals surface area contributed by atoms with Crippen LogP contribution in [-0.2, 0) is 16.0 Å². The first-order valence-corrected chi connectivity index (χ1v) is 8.83. The van der Waals surface area contributed by atoms with E-state index in [1.165, 1.54) is 7.11 Å². The zero-order valence-electron chi connectivity index (χ0n) is 15.4. The number of nitrogen functional groups attached to an aromatic ring is 1. The lowest BCUT2D eigenvalue weighted by Gasteiger charge is -2.14. The molecule has 0 amide bonds. The van der Waals surface area contributed by atoms with Gasteiger partial charge in [-0.05, 0) is 42.0 Å². The minimum absolute atomic E-state index is 0.0486. The number of ether oxygens (including phenoxy) is 3. The molecule has 0 saturated heterocycles. The monoisotopic (exact) mass is 400 g/mol. The number of rotatable bonds is 5. The van der Waals surface area contributed by atoms with Gasteiger partial charge in [-0.15, -0.1) is 0 Å². The van der Waals surface area contributed by atoms with Crippen molar-refractivity contribution in [3.8, 4) is 11.5 Å². The van der Waals surface area contributed by atoms with Gasteiger partial charge in [0.1, 0.15) is 0 Å². The molecule has 2 aromatic rings. The van der Waals surface area contributed by atoms with Crippen molar-refractivity contribution in [2.24, 2.45) is 5.10 Å². The van der Waals surface area contributed by atoms with Crippen LogP contribution in [0.15, 0.2) is 41.5 Å². The molecule has 1 aliphatic heterocycles. The number of hydrogen-bond donors (Lipinski definition) is 3. The van der Waals surface area contributed by atoms with Gasteiger partial charge in [-0.25, -0.2) is 0 Å². The van der Waals surface area contributed by atoms with Crippen molar-refractivity contribution in [3.63, 3.8) is 0 Å². The van der Waals surface area contributed by atoms with Crippen molar-refractivity contribution in [3.05, 3.63) is 53.1 Å². The van der Waals surface area contributed by atoms with Crippen LogP contribution in [0.3, 0.4) is 0 Å². The maximum Gasteiger partial charge on any atom is 0.310 e. The first-order valence-electron chi connectivity index (χ1n) is 8.43. The molecule has 8 nitrogen and oxygen atoms in total. The van der Waals surface area contributed by atoms with E-state index < -0.39 is 0 Å². The molecule has 3 rings (SSSR count). The number of methoxy groups -OCH3 is 1. The molecule has 0 unspecified atom stereocenters. The number of carbonyl (C=O) groups is 1. The van der Waals surface area contributed by atoms with E-state index in [1.807, 2.05) is 12.1 Å². The Morgan fingerprint density at radius 1 is 1.25 bits per heavy atom. The summed E-state index contributed by atoms with van der Waals surface area (Å²) in [5.41, 5.74) is 12.0. The molecule has 0 fully saturated rings. The number of carbonyl (C=O) groups excluding carboxylic acids is 1. The molecule has 0 bridgehead atoms. The van der Waals surface area contributed by atoms with Crippen LogP contribution in [0.5, 0.6) is 11.5 Å². The van der Waals surface area contributed by atoms with Gasteiger partial charge in [0.2, 0.25) is 6.79 Å². The SMILES string of the molecule is CNC(=S)N/N=C(/c1ccc(N)cc1)c1cc2c(cc1CC(=O)OC)OCO2. The summed E-state index contributed by atoms with van der Waals surface area (Å²) in [6, 6.07) is 10.8. The molecule has 1 heterocycles. The second kappa shape index (κ2) is 8.57. The van der Waals surface area contributed by atoms with Gasteiger partial charge in [0, 0.05) is 23.9 Å². The van der Waals surface area contributed by atoms with E-state index in [9.17, 15) is 4.79 Å². The Bertz CT molecular complexity index is 928. The summed E-state index contributed by atoms with van der Waals surface area (Å²) in [4.78, 5) is 12.0. The fourth-order valence-electron chi connectivity index (χ4n) is 2.66. The Hall–Kier alpha value is -3.33. The number of nitrogens with one attached hydrogen (secondary N) is 2. The van der Waals surface area contributed by atoms with Crippen molar-refractivity contribution in [2.45, 2.75) is 6.42 Å². The summed E-state index contributed by atoms with van der Waals surface area (Å²) in [5.74, 6) is 0.761. The normalized spacial score (nSPS) is 12.4. The number of anilines is 1. The Kier molecular flexibility index (Phi) is 5.95. The van der Waals surface area contributed by atoms with Gasteiger partial charge in [-0.1, -0.05) is 12.1 Å². The van der Waals surface area contributed by atoms with Crippen LogP contribution >= 0.6 is 12.2 Å². The topological polar surface area (TPSA) is 107 Å². The van der Waals surface area contributed by atoms with Gasteiger partial charge in [-0.3, -0.25) is 10.2 Å². The lowest BCUT2D eigenvalue weighted by molar-refractivity contribution is -0.139. The van der Waals surface area contributed by atoms with Crippen LogP contribution < -0.4 is 25.9 Å². The molecule has 4 N–H and O–H groups in total. The van der Waals surface area contributed by atoms with Crippen molar-refractivity contribution in [1.82, 2.24) is 10.7 Å². The van der Waals surface area contributed by atoms with E-state index in [4.69, 9.17) is 32.2 Å². The summed E-state index contributed by atoms with van der Waals surface area (Å²) < 4.78 is 15.8. The van der Waals surface area contributed by atoms with E-state index in [1.54, 1.807) is 31.3 Å².